The first-order valence-electron chi connectivity index (χ1n) is 8.68. The fourth-order valence-corrected chi connectivity index (χ4v) is 3.28. The van der Waals surface area contributed by atoms with Crippen LogP contribution in [0.4, 0.5) is 13.2 Å². The van der Waals surface area contributed by atoms with Gasteiger partial charge in [0.1, 0.15) is 23.7 Å². The minimum absolute atomic E-state index is 0.0263. The van der Waals surface area contributed by atoms with Gasteiger partial charge in [0.15, 0.2) is 15.6 Å². The maximum absolute atomic E-state index is 13.0. The number of alkyl halides is 3. The van der Waals surface area contributed by atoms with Gasteiger partial charge in [-0.3, -0.25) is 9.79 Å². The molecule has 168 valence electrons. The van der Waals surface area contributed by atoms with E-state index in [9.17, 15) is 26.4 Å². The second-order valence-electron chi connectivity index (χ2n) is 6.16. The third-order valence-electron chi connectivity index (χ3n) is 3.81. The number of nitrogens with zero attached hydrogens (tertiary/aromatic N) is 1. The SMILES string of the molecule is CCOC(=O)CN=C(C(Cl)=C(N)C(F)(F)F)c1ccc(-c2cccc(S(C)(=O)=O)c2)o1. The lowest BCUT2D eigenvalue weighted by Crippen LogP contribution is -2.23. The van der Waals surface area contributed by atoms with E-state index >= 15 is 0 Å². The van der Waals surface area contributed by atoms with E-state index < -0.39 is 45.0 Å². The molecule has 2 aromatic rings. The lowest BCUT2D eigenvalue weighted by atomic mass is 10.2. The number of esters is 1. The summed E-state index contributed by atoms with van der Waals surface area (Å²) in [5.41, 5.74) is 3.33. The van der Waals surface area contributed by atoms with Crippen molar-refractivity contribution in [1.82, 2.24) is 0 Å². The maximum Gasteiger partial charge on any atom is 0.432 e. The maximum atomic E-state index is 13.0. The summed E-state index contributed by atoms with van der Waals surface area (Å²) in [5.74, 6) is -0.858. The Hall–Kier alpha value is -2.79. The summed E-state index contributed by atoms with van der Waals surface area (Å²) in [5, 5.41) is -0.956. The Kier molecular flexibility index (Phi) is 7.55. The molecule has 0 saturated heterocycles. The second kappa shape index (κ2) is 9.56. The molecule has 12 heteroatoms. The number of sulfone groups is 1. The molecule has 0 saturated carbocycles. The zero-order valence-corrected chi connectivity index (χ0v) is 17.9. The summed E-state index contributed by atoms with van der Waals surface area (Å²) in [4.78, 5) is 15.4. The van der Waals surface area contributed by atoms with Crippen molar-refractivity contribution in [2.75, 3.05) is 19.4 Å². The fraction of sp³-hybridized carbons (Fsp3) is 0.263. The van der Waals surface area contributed by atoms with E-state index in [0.717, 1.165) is 6.26 Å². The van der Waals surface area contributed by atoms with Gasteiger partial charge in [0.2, 0.25) is 0 Å². The van der Waals surface area contributed by atoms with Crippen LogP contribution in [0.25, 0.3) is 11.3 Å². The number of carbonyl (C=O) groups excluding carboxylic acids is 1. The molecule has 2 N–H and O–H groups in total. The predicted octanol–water partition coefficient (Wildman–Crippen LogP) is 3.67. The van der Waals surface area contributed by atoms with Gasteiger partial charge in [0, 0.05) is 11.8 Å². The van der Waals surface area contributed by atoms with Crippen LogP contribution in [-0.4, -0.2) is 45.7 Å². The van der Waals surface area contributed by atoms with Gasteiger partial charge in [0.05, 0.1) is 16.5 Å². The molecule has 0 fully saturated rings. The number of hydrogen-bond donors (Lipinski definition) is 1. The average molecular weight is 479 g/mol. The Morgan fingerprint density at radius 1 is 1.26 bits per heavy atom. The summed E-state index contributed by atoms with van der Waals surface area (Å²) in [6.07, 6.45) is -3.91. The number of carbonyl (C=O) groups is 1. The molecule has 0 bridgehead atoms. The van der Waals surface area contributed by atoms with Gasteiger partial charge in [-0.1, -0.05) is 23.7 Å². The molecule has 0 spiro atoms. The number of aliphatic imine (C=N–C) groups is 1. The highest BCUT2D eigenvalue weighted by molar-refractivity contribution is 7.90. The molecule has 0 aliphatic heterocycles. The number of ether oxygens (including phenoxy) is 1. The highest BCUT2D eigenvalue weighted by Gasteiger charge is 2.36. The third-order valence-corrected chi connectivity index (χ3v) is 5.30. The highest BCUT2D eigenvalue weighted by Crippen LogP contribution is 2.30. The molecule has 0 aliphatic carbocycles. The quantitative estimate of drug-likeness (QED) is 0.480. The van der Waals surface area contributed by atoms with Crippen LogP contribution < -0.4 is 5.73 Å². The topological polar surface area (TPSA) is 112 Å². The Morgan fingerprint density at radius 2 is 1.94 bits per heavy atom. The molecule has 1 aromatic heterocycles. The van der Waals surface area contributed by atoms with Crippen LogP contribution in [0.15, 0.2) is 61.4 Å². The van der Waals surface area contributed by atoms with E-state index in [-0.39, 0.29) is 23.0 Å². The number of nitrogens with two attached hydrogens (primary N) is 1. The first kappa shape index (κ1) is 24.5. The standard InChI is InChI=1S/C19H18ClF3N2O5S/c1-3-29-15(26)10-25-17(16(20)18(24)19(21,22)23)14-8-7-13(30-14)11-5-4-6-12(9-11)31(2,27)28/h4-9H,3,10,24H2,1-2H3. The van der Waals surface area contributed by atoms with Gasteiger partial charge in [-0.15, -0.1) is 0 Å². The summed E-state index contributed by atoms with van der Waals surface area (Å²) in [6.45, 7) is 0.990. The summed E-state index contributed by atoms with van der Waals surface area (Å²) in [6, 6.07) is 8.43. The molecule has 0 aliphatic rings. The number of furan rings is 1. The molecule has 0 radical (unpaired) electrons. The molecule has 1 heterocycles. The highest BCUT2D eigenvalue weighted by atomic mass is 35.5. The van der Waals surface area contributed by atoms with Crippen molar-refractivity contribution in [3.8, 4) is 11.3 Å². The molecular weight excluding hydrogens is 461 g/mol. The number of halogens is 4. The Balaban J connectivity index is 2.53. The molecule has 0 amide bonds. The van der Waals surface area contributed by atoms with Crippen LogP contribution in [0.2, 0.25) is 0 Å². The van der Waals surface area contributed by atoms with Gasteiger partial charge in [-0.25, -0.2) is 8.42 Å². The van der Waals surface area contributed by atoms with E-state index in [1.54, 1.807) is 13.0 Å². The fourth-order valence-electron chi connectivity index (χ4n) is 2.36. The van der Waals surface area contributed by atoms with Crippen molar-refractivity contribution >= 4 is 33.1 Å². The van der Waals surface area contributed by atoms with Crippen LogP contribution in [-0.2, 0) is 19.4 Å². The zero-order chi connectivity index (χ0) is 23.4. The molecule has 2 rings (SSSR count). The van der Waals surface area contributed by atoms with Crippen LogP contribution in [0.5, 0.6) is 0 Å². The number of rotatable bonds is 7. The van der Waals surface area contributed by atoms with Crippen LogP contribution in [0, 0.1) is 0 Å². The molecule has 1 aromatic carbocycles. The minimum Gasteiger partial charge on any atom is -0.465 e. The Labute approximate surface area is 181 Å². The van der Waals surface area contributed by atoms with Crippen LogP contribution in [0.3, 0.4) is 0 Å². The van der Waals surface area contributed by atoms with E-state index in [1.807, 2.05) is 0 Å². The Bertz CT molecular complexity index is 1140. The molecular formula is C19H18ClF3N2O5S. The van der Waals surface area contributed by atoms with E-state index in [0.29, 0.717) is 5.56 Å². The Morgan fingerprint density at radius 3 is 2.52 bits per heavy atom. The van der Waals surface area contributed by atoms with Crippen LogP contribution in [0.1, 0.15) is 12.7 Å². The van der Waals surface area contributed by atoms with E-state index in [1.165, 1.54) is 30.3 Å². The number of benzene rings is 1. The lowest BCUT2D eigenvalue weighted by molar-refractivity contribution is -0.141. The number of hydrogen-bond acceptors (Lipinski definition) is 7. The molecule has 31 heavy (non-hydrogen) atoms. The van der Waals surface area contributed by atoms with Crippen molar-refractivity contribution in [3.63, 3.8) is 0 Å². The van der Waals surface area contributed by atoms with E-state index in [2.05, 4.69) is 4.99 Å². The third kappa shape index (κ3) is 6.34. The summed E-state index contributed by atoms with van der Waals surface area (Å²) >= 11 is 5.83. The lowest BCUT2D eigenvalue weighted by Gasteiger charge is -2.11. The second-order valence-corrected chi connectivity index (χ2v) is 8.55. The average Bonchev–Trinajstić information content (AvgIpc) is 3.16. The van der Waals surface area contributed by atoms with Crippen molar-refractivity contribution in [1.29, 1.82) is 0 Å². The first-order chi connectivity index (χ1) is 14.3. The first-order valence-corrected chi connectivity index (χ1v) is 10.9. The van der Waals surface area contributed by atoms with Gasteiger partial charge in [-0.05, 0) is 31.2 Å². The van der Waals surface area contributed by atoms with Crippen molar-refractivity contribution in [2.24, 2.45) is 10.7 Å². The van der Waals surface area contributed by atoms with Crippen molar-refractivity contribution < 1.29 is 35.5 Å². The summed E-state index contributed by atoms with van der Waals surface area (Å²) in [7, 11) is -3.49. The molecule has 0 unspecified atom stereocenters. The zero-order valence-electron chi connectivity index (χ0n) is 16.4. The minimum atomic E-state index is -4.94. The van der Waals surface area contributed by atoms with Gasteiger partial charge in [0.25, 0.3) is 0 Å². The summed E-state index contributed by atoms with van der Waals surface area (Å²) < 4.78 is 72.8. The van der Waals surface area contributed by atoms with Gasteiger partial charge >= 0.3 is 12.1 Å². The smallest absolute Gasteiger partial charge is 0.432 e. The van der Waals surface area contributed by atoms with Crippen LogP contribution >= 0.6 is 11.6 Å². The van der Waals surface area contributed by atoms with E-state index in [4.69, 9.17) is 26.5 Å². The van der Waals surface area contributed by atoms with Crippen molar-refractivity contribution in [2.45, 2.75) is 18.0 Å². The molecule has 0 atom stereocenters. The molecule has 7 nitrogen and oxygen atoms in total. The van der Waals surface area contributed by atoms with Gasteiger partial charge < -0.3 is 14.9 Å². The van der Waals surface area contributed by atoms with Crippen molar-refractivity contribution in [3.05, 3.63) is 52.9 Å². The number of allylic oxidation sites excluding steroid dienone is 2. The largest absolute Gasteiger partial charge is 0.465 e. The predicted molar refractivity (Wildman–Crippen MR) is 108 cm³/mol. The monoisotopic (exact) mass is 478 g/mol. The normalized spacial score (nSPS) is 13.7. The van der Waals surface area contributed by atoms with Gasteiger partial charge in [-0.2, -0.15) is 13.2 Å².